The highest BCUT2D eigenvalue weighted by atomic mass is 32.2. The molecule has 2 saturated heterocycles. The number of carbonyl (C=O) groups is 1. The molecule has 4 heterocycles. The molecule has 0 aliphatic carbocycles. The van der Waals surface area contributed by atoms with Gasteiger partial charge in [0, 0.05) is 31.7 Å². The average molecular weight is 454 g/mol. The molecule has 0 spiro atoms. The van der Waals surface area contributed by atoms with Gasteiger partial charge in [-0.1, -0.05) is 30.3 Å². The van der Waals surface area contributed by atoms with Crippen molar-refractivity contribution in [2.45, 2.75) is 19.4 Å². The summed E-state index contributed by atoms with van der Waals surface area (Å²) in [6.45, 7) is 4.89. The zero-order chi connectivity index (χ0) is 22.5. The highest BCUT2D eigenvalue weighted by Gasteiger charge is 2.33. The van der Waals surface area contributed by atoms with E-state index >= 15 is 0 Å². The van der Waals surface area contributed by atoms with Crippen molar-refractivity contribution in [1.29, 1.82) is 0 Å². The van der Waals surface area contributed by atoms with Crippen molar-refractivity contribution in [1.82, 2.24) is 24.6 Å². The molecule has 1 unspecified atom stereocenters. The molecule has 0 saturated carbocycles. The summed E-state index contributed by atoms with van der Waals surface area (Å²) >= 11 is 0. The predicted molar refractivity (Wildman–Crippen MR) is 123 cm³/mol. The molecule has 1 atom stereocenters. The van der Waals surface area contributed by atoms with Gasteiger partial charge in [0.15, 0.2) is 15.5 Å². The number of aromatic nitrogens is 3. The number of aryl methyl sites for hydroxylation is 1. The van der Waals surface area contributed by atoms with Gasteiger partial charge in [0.2, 0.25) is 0 Å². The van der Waals surface area contributed by atoms with Gasteiger partial charge in [0.25, 0.3) is 5.91 Å². The minimum Gasteiger partial charge on any atom is -0.336 e. The molecule has 2 fully saturated rings. The van der Waals surface area contributed by atoms with Crippen LogP contribution in [-0.2, 0) is 9.84 Å². The predicted octanol–water partition coefficient (Wildman–Crippen LogP) is 2.15. The molecule has 9 heteroatoms. The first-order chi connectivity index (χ1) is 15.3. The largest absolute Gasteiger partial charge is 0.336 e. The maximum atomic E-state index is 13.6. The summed E-state index contributed by atoms with van der Waals surface area (Å²) in [5.41, 5.74) is 3.48. The van der Waals surface area contributed by atoms with E-state index in [9.17, 15) is 13.2 Å². The van der Waals surface area contributed by atoms with E-state index in [0.717, 1.165) is 24.0 Å². The Bertz CT molecular complexity index is 1280. The molecule has 0 radical (unpaired) electrons. The van der Waals surface area contributed by atoms with Crippen LogP contribution in [0.15, 0.2) is 36.4 Å². The minimum absolute atomic E-state index is 0.0237. The second-order valence-corrected chi connectivity index (χ2v) is 11.0. The number of likely N-dealkylation sites (N-methyl/N-ethyl adjacent to an activating group) is 1. The molecule has 0 N–H and O–H groups in total. The molecule has 1 amide bonds. The zero-order valence-electron chi connectivity index (χ0n) is 18.4. The van der Waals surface area contributed by atoms with Crippen LogP contribution < -0.4 is 0 Å². The van der Waals surface area contributed by atoms with E-state index in [1.54, 1.807) is 4.68 Å². The molecular formula is C23H27N5O3S. The molecular weight excluding hydrogens is 426 g/mol. The number of sulfone groups is 1. The van der Waals surface area contributed by atoms with Gasteiger partial charge in [-0.25, -0.2) is 18.1 Å². The zero-order valence-corrected chi connectivity index (χ0v) is 19.2. The van der Waals surface area contributed by atoms with Gasteiger partial charge in [0.05, 0.1) is 39.9 Å². The molecule has 3 aromatic rings. The SMILES string of the molecule is Cc1nn(C2CCS(=O)(=O)C2)c2nc(-c3ccccc3)cc(C(=O)N3CCN(C)CC3)c12. The Kier molecular flexibility index (Phi) is 5.25. The number of hydrogen-bond acceptors (Lipinski definition) is 6. The lowest BCUT2D eigenvalue weighted by atomic mass is 10.0. The summed E-state index contributed by atoms with van der Waals surface area (Å²) in [4.78, 5) is 22.6. The Morgan fingerprint density at radius 2 is 1.81 bits per heavy atom. The number of carbonyl (C=O) groups excluding carboxylic acids is 1. The first kappa shape index (κ1) is 21.1. The van der Waals surface area contributed by atoms with Crippen molar-refractivity contribution >= 4 is 26.8 Å². The lowest BCUT2D eigenvalue weighted by molar-refractivity contribution is 0.0666. The van der Waals surface area contributed by atoms with Crippen molar-refractivity contribution < 1.29 is 13.2 Å². The number of benzene rings is 1. The van der Waals surface area contributed by atoms with E-state index < -0.39 is 9.84 Å². The molecule has 0 bridgehead atoms. The van der Waals surface area contributed by atoms with Gasteiger partial charge in [0.1, 0.15) is 0 Å². The monoisotopic (exact) mass is 453 g/mol. The Balaban J connectivity index is 1.67. The van der Waals surface area contributed by atoms with Crippen LogP contribution in [0.2, 0.25) is 0 Å². The van der Waals surface area contributed by atoms with E-state index in [1.165, 1.54) is 0 Å². The summed E-state index contributed by atoms with van der Waals surface area (Å²) in [5.74, 6) is 0.190. The molecule has 5 rings (SSSR count). The third-order valence-electron chi connectivity index (χ3n) is 6.48. The van der Waals surface area contributed by atoms with Crippen LogP contribution in [0, 0.1) is 6.92 Å². The average Bonchev–Trinajstić information content (AvgIpc) is 3.32. The van der Waals surface area contributed by atoms with Crippen molar-refractivity contribution in [2.75, 3.05) is 44.7 Å². The number of fused-ring (bicyclic) bond motifs is 1. The van der Waals surface area contributed by atoms with Gasteiger partial charge in [-0.05, 0) is 26.5 Å². The number of hydrogen-bond donors (Lipinski definition) is 0. The Labute approximate surface area is 187 Å². The van der Waals surface area contributed by atoms with E-state index in [-0.39, 0.29) is 23.5 Å². The standard InChI is InChI=1S/C23H27N5O3S/c1-16-21-19(23(29)27-11-9-26(2)10-12-27)14-20(17-6-4-3-5-7-17)24-22(21)28(25-16)18-8-13-32(30,31)15-18/h3-7,14,18H,8-13,15H2,1-2H3. The topological polar surface area (TPSA) is 88.4 Å². The number of nitrogens with zero attached hydrogens (tertiary/aromatic N) is 5. The fourth-order valence-electron chi connectivity index (χ4n) is 4.64. The van der Waals surface area contributed by atoms with E-state index in [1.807, 2.05) is 48.2 Å². The molecule has 2 aliphatic heterocycles. The minimum atomic E-state index is -3.08. The third-order valence-corrected chi connectivity index (χ3v) is 8.23. The van der Waals surface area contributed by atoms with Gasteiger partial charge < -0.3 is 9.80 Å². The van der Waals surface area contributed by atoms with Gasteiger partial charge >= 0.3 is 0 Å². The smallest absolute Gasteiger partial charge is 0.254 e. The molecule has 168 valence electrons. The summed E-state index contributed by atoms with van der Waals surface area (Å²) in [6, 6.07) is 11.3. The van der Waals surface area contributed by atoms with Crippen molar-refractivity contribution in [3.63, 3.8) is 0 Å². The van der Waals surface area contributed by atoms with Crippen LogP contribution in [0.3, 0.4) is 0 Å². The van der Waals surface area contributed by atoms with Gasteiger partial charge in [-0.3, -0.25) is 4.79 Å². The lowest BCUT2D eigenvalue weighted by Gasteiger charge is -2.32. The number of amides is 1. The van der Waals surface area contributed by atoms with Crippen LogP contribution in [0.5, 0.6) is 0 Å². The van der Waals surface area contributed by atoms with Gasteiger partial charge in [-0.15, -0.1) is 0 Å². The van der Waals surface area contributed by atoms with Crippen molar-refractivity contribution in [2.24, 2.45) is 0 Å². The molecule has 8 nitrogen and oxygen atoms in total. The maximum Gasteiger partial charge on any atom is 0.254 e. The van der Waals surface area contributed by atoms with Crippen LogP contribution >= 0.6 is 0 Å². The third kappa shape index (κ3) is 3.80. The summed E-state index contributed by atoms with van der Waals surface area (Å²) in [7, 11) is -1.02. The fourth-order valence-corrected chi connectivity index (χ4v) is 6.33. The molecule has 2 aromatic heterocycles. The van der Waals surface area contributed by atoms with Crippen molar-refractivity contribution in [3.05, 3.63) is 47.7 Å². The van der Waals surface area contributed by atoms with E-state index in [4.69, 9.17) is 4.98 Å². The molecule has 1 aromatic carbocycles. The summed E-state index contributed by atoms with van der Waals surface area (Å²) in [6.07, 6.45) is 0.511. The first-order valence-electron chi connectivity index (χ1n) is 11.0. The highest BCUT2D eigenvalue weighted by Crippen LogP contribution is 2.32. The van der Waals surface area contributed by atoms with Gasteiger partial charge in [-0.2, -0.15) is 5.10 Å². The number of rotatable bonds is 3. The summed E-state index contributed by atoms with van der Waals surface area (Å²) in [5, 5.41) is 5.40. The normalized spacial score (nSPS) is 21.3. The van der Waals surface area contributed by atoms with Crippen LogP contribution in [-0.4, -0.2) is 83.6 Å². The van der Waals surface area contributed by atoms with Crippen molar-refractivity contribution in [3.8, 4) is 11.3 Å². The molecule has 2 aliphatic rings. The Morgan fingerprint density at radius 3 is 2.47 bits per heavy atom. The Hall–Kier alpha value is -2.78. The molecule has 32 heavy (non-hydrogen) atoms. The second-order valence-electron chi connectivity index (χ2n) is 8.80. The van der Waals surface area contributed by atoms with E-state index in [2.05, 4.69) is 17.0 Å². The maximum absolute atomic E-state index is 13.6. The van der Waals surface area contributed by atoms with Crippen LogP contribution in [0.4, 0.5) is 0 Å². The first-order valence-corrected chi connectivity index (χ1v) is 12.8. The Morgan fingerprint density at radius 1 is 1.09 bits per heavy atom. The van der Waals surface area contributed by atoms with E-state index in [0.29, 0.717) is 42.1 Å². The lowest BCUT2D eigenvalue weighted by Crippen LogP contribution is -2.47. The van der Waals surface area contributed by atoms with Crippen LogP contribution in [0.25, 0.3) is 22.3 Å². The summed E-state index contributed by atoms with van der Waals surface area (Å²) < 4.78 is 26.0. The fraction of sp³-hybridized carbons (Fsp3) is 0.435. The highest BCUT2D eigenvalue weighted by molar-refractivity contribution is 7.91. The quantitative estimate of drug-likeness (QED) is 0.604. The second kappa shape index (κ2) is 7.97. The number of pyridine rings is 1. The van der Waals surface area contributed by atoms with Crippen LogP contribution in [0.1, 0.15) is 28.5 Å². The number of piperazine rings is 1.